The summed E-state index contributed by atoms with van der Waals surface area (Å²) in [6.45, 7) is 7.32. The van der Waals surface area contributed by atoms with Crippen molar-refractivity contribution in [2.45, 2.75) is 134 Å². The molecule has 7 unspecified atom stereocenters. The van der Waals surface area contributed by atoms with Crippen molar-refractivity contribution < 1.29 is 24.5 Å². The number of dihydropyridines is 1. The van der Waals surface area contributed by atoms with E-state index in [4.69, 9.17) is 10.5 Å². The van der Waals surface area contributed by atoms with Crippen molar-refractivity contribution in [3.8, 4) is 23.3 Å². The Bertz CT molecular complexity index is 2100. The molecule has 7 rings (SSSR count). The molecule has 0 radical (unpaired) electrons. The molecule has 0 amide bonds. The minimum absolute atomic E-state index is 0.0291. The van der Waals surface area contributed by atoms with E-state index >= 15 is 0 Å². The number of nitrogens with two attached hydrogens (primary N) is 1. The Morgan fingerprint density at radius 3 is 2.48 bits per heavy atom. The van der Waals surface area contributed by atoms with Crippen molar-refractivity contribution >= 4 is 11.6 Å². The van der Waals surface area contributed by atoms with Gasteiger partial charge in [0.2, 0.25) is 0 Å². The highest BCUT2D eigenvalue weighted by Crippen LogP contribution is 2.51. The van der Waals surface area contributed by atoms with E-state index in [-0.39, 0.29) is 53.8 Å². The predicted octanol–water partition coefficient (Wildman–Crippen LogP) is 9.51. The molecule has 4 aliphatic rings. The Morgan fingerprint density at radius 2 is 1.78 bits per heavy atom. The molecule has 3 aliphatic carbocycles. The summed E-state index contributed by atoms with van der Waals surface area (Å²) in [6.07, 6.45) is 16.2. The average Bonchev–Trinajstić information content (AvgIpc) is 3.69. The molecule has 1 aromatic heterocycles. The van der Waals surface area contributed by atoms with Crippen LogP contribution in [0.25, 0.3) is 0 Å². The third-order valence-corrected chi connectivity index (χ3v) is 14.4. The van der Waals surface area contributed by atoms with Crippen molar-refractivity contribution in [3.63, 3.8) is 0 Å². The normalized spacial score (nSPS) is 25.7. The molecule has 1 aliphatic heterocycles. The van der Waals surface area contributed by atoms with Gasteiger partial charge < -0.3 is 31.0 Å². The first kappa shape index (κ1) is 43.4. The van der Waals surface area contributed by atoms with E-state index in [1.807, 2.05) is 30.3 Å². The summed E-state index contributed by atoms with van der Waals surface area (Å²) < 4.78 is 5.51. The van der Waals surface area contributed by atoms with Crippen LogP contribution in [-0.4, -0.2) is 46.5 Å². The zero-order valence-electron chi connectivity index (χ0n) is 36.3. The Labute approximate surface area is 357 Å². The number of aliphatic hydroxyl groups is 1. The van der Waals surface area contributed by atoms with Crippen molar-refractivity contribution in [2.24, 2.45) is 35.3 Å². The molecule has 2 aromatic carbocycles. The summed E-state index contributed by atoms with van der Waals surface area (Å²) in [5.74, 6) is 7.76. The number of allylic oxidation sites excluding steroid dienone is 2. The number of aromatic nitrogens is 1. The first-order valence-electron chi connectivity index (χ1n) is 22.8. The van der Waals surface area contributed by atoms with E-state index < -0.39 is 23.4 Å². The molecule has 0 spiro atoms. The minimum Gasteiger partial charge on any atom is -0.504 e. The minimum atomic E-state index is -0.593. The quantitative estimate of drug-likeness (QED) is 0.0961. The number of Topliss-reactive ketones (excluding diaryl/α,β-unsaturated/α-hetero) is 2. The van der Waals surface area contributed by atoms with Crippen molar-refractivity contribution in [3.05, 3.63) is 106 Å². The van der Waals surface area contributed by atoms with E-state index in [1.165, 1.54) is 24.7 Å². The lowest BCUT2D eigenvalue weighted by molar-refractivity contribution is -0.130. The van der Waals surface area contributed by atoms with E-state index in [0.29, 0.717) is 43.3 Å². The molecule has 6 N–H and O–H groups in total. The first-order chi connectivity index (χ1) is 29.0. The lowest BCUT2D eigenvalue weighted by Gasteiger charge is -2.46. The van der Waals surface area contributed by atoms with Gasteiger partial charge in [-0.2, -0.15) is 0 Å². The van der Waals surface area contributed by atoms with Crippen LogP contribution in [0.2, 0.25) is 0 Å². The summed E-state index contributed by atoms with van der Waals surface area (Å²) in [4.78, 5) is 32.3. The van der Waals surface area contributed by atoms with Gasteiger partial charge in [0, 0.05) is 42.1 Å². The summed E-state index contributed by atoms with van der Waals surface area (Å²) >= 11 is 0. The van der Waals surface area contributed by atoms with Gasteiger partial charge in [-0.05, 0) is 127 Å². The molecule has 3 aromatic rings. The molecule has 8 nitrogen and oxygen atoms in total. The number of aryl methyl sites for hydroxylation is 1. The third-order valence-electron chi connectivity index (χ3n) is 14.4. The van der Waals surface area contributed by atoms with E-state index in [2.05, 4.69) is 73.4 Å². The Hall–Kier alpha value is -4.74. The van der Waals surface area contributed by atoms with Crippen LogP contribution in [0, 0.1) is 41.4 Å². The van der Waals surface area contributed by atoms with Crippen LogP contribution >= 0.6 is 0 Å². The maximum atomic E-state index is 14.8. The molecule has 8 heteroatoms. The molecule has 0 bridgehead atoms. The average molecular weight is 814 g/mol. The zero-order chi connectivity index (χ0) is 42.4. The SMILES string of the molecule is CCCC(C1CC(CC2=CCNC(N)=C2)CC2C#CC(c3ccccc3)c3cc(O)c(OC)cc3CCC(=O)CC(=O)C2C1)C(O)C1(c2cc(C(C)C)c[nH]2)CCCCC1. The number of methoxy groups -OCH3 is 1. The first-order valence-corrected chi connectivity index (χ1v) is 22.8. The fraction of sp³-hybridized carbons (Fsp3) is 0.538. The number of hydrogen-bond donors (Lipinski definition) is 5. The van der Waals surface area contributed by atoms with Crippen LogP contribution in [0.5, 0.6) is 11.5 Å². The number of aromatic hydroxyl groups is 1. The molecule has 2 fully saturated rings. The van der Waals surface area contributed by atoms with Crippen LogP contribution < -0.4 is 15.8 Å². The number of aliphatic hydroxyl groups excluding tert-OH is 1. The van der Waals surface area contributed by atoms with E-state index in [1.54, 1.807) is 6.07 Å². The molecule has 2 saturated carbocycles. The van der Waals surface area contributed by atoms with Gasteiger partial charge in [-0.1, -0.05) is 94.7 Å². The summed E-state index contributed by atoms with van der Waals surface area (Å²) in [6, 6.07) is 16.0. The highest BCUT2D eigenvalue weighted by Gasteiger charge is 2.49. The smallest absolute Gasteiger partial charge is 0.160 e. The molecule has 0 saturated heterocycles. The summed E-state index contributed by atoms with van der Waals surface area (Å²) in [5, 5.41) is 27.4. The van der Waals surface area contributed by atoms with Crippen LogP contribution in [0.4, 0.5) is 0 Å². The third kappa shape index (κ3) is 9.57. The van der Waals surface area contributed by atoms with Crippen molar-refractivity contribution in [1.29, 1.82) is 0 Å². The number of fused-ring (bicyclic) bond motifs is 2. The van der Waals surface area contributed by atoms with E-state index in [9.17, 15) is 19.8 Å². The molecular formula is C52H67N3O5. The maximum absolute atomic E-state index is 14.8. The van der Waals surface area contributed by atoms with E-state index in [0.717, 1.165) is 73.8 Å². The number of carbonyl (C=O) groups excluding carboxylic acids is 2. The second-order valence-corrected chi connectivity index (χ2v) is 18.7. The topological polar surface area (TPSA) is 138 Å². The molecule has 2 heterocycles. The maximum Gasteiger partial charge on any atom is 0.160 e. The number of carbonyl (C=O) groups is 2. The second kappa shape index (κ2) is 19.3. The monoisotopic (exact) mass is 814 g/mol. The van der Waals surface area contributed by atoms with Gasteiger partial charge in [-0.15, -0.1) is 0 Å². The molecule has 60 heavy (non-hydrogen) atoms. The zero-order valence-corrected chi connectivity index (χ0v) is 36.3. The van der Waals surface area contributed by atoms with Gasteiger partial charge in [-0.3, -0.25) is 9.59 Å². The number of nitrogens with one attached hydrogen (secondary N) is 2. The largest absolute Gasteiger partial charge is 0.504 e. The second-order valence-electron chi connectivity index (χ2n) is 18.7. The van der Waals surface area contributed by atoms with Gasteiger partial charge in [0.05, 0.1) is 31.4 Å². The fourth-order valence-corrected chi connectivity index (χ4v) is 11.2. The van der Waals surface area contributed by atoms with Crippen LogP contribution in [0.3, 0.4) is 0 Å². The Balaban J connectivity index is 1.34. The molecule has 320 valence electrons. The van der Waals surface area contributed by atoms with Crippen molar-refractivity contribution in [2.75, 3.05) is 13.7 Å². The molecule has 7 atom stereocenters. The number of ketones is 2. The van der Waals surface area contributed by atoms with Crippen molar-refractivity contribution in [1.82, 2.24) is 10.3 Å². The number of rotatable bonds is 11. The van der Waals surface area contributed by atoms with Gasteiger partial charge in [-0.25, -0.2) is 0 Å². The summed E-state index contributed by atoms with van der Waals surface area (Å²) in [5.41, 5.74) is 12.2. The van der Waals surface area contributed by atoms with Gasteiger partial charge in [0.1, 0.15) is 11.6 Å². The fourth-order valence-electron chi connectivity index (χ4n) is 11.2. The standard InChI is InChI=1S/C52H67N3O5/c1-5-12-43(51(59)52(20-10-7-11-21-52)49-29-40(32-55-49)33(2)3)39-25-35(23-34-19-22-54-50(53)26-34)24-37-16-18-42(36-13-8-6-9-14-36)44-31-47(58)48(60-4)28-38(44)15-17-41(56)30-46(57)45(37)27-39/h6,8-9,13-14,19,26,28-29,31-33,35,37,39,42-43,45,51,54-55,58-59H,5,7,10-12,15,17,20-25,27,30,53H2,1-4H3. The highest BCUT2D eigenvalue weighted by molar-refractivity contribution is 6.00. The lowest BCUT2D eigenvalue weighted by Crippen LogP contribution is -2.48. The van der Waals surface area contributed by atoms with Crippen LogP contribution in [0.15, 0.2) is 78.3 Å². The Morgan fingerprint density at radius 1 is 1.00 bits per heavy atom. The molecular weight excluding hydrogens is 747 g/mol. The number of hydrogen-bond acceptors (Lipinski definition) is 7. The number of aromatic amines is 1. The lowest BCUT2D eigenvalue weighted by atomic mass is 9.61. The van der Waals surface area contributed by atoms with Crippen LogP contribution in [-0.2, 0) is 21.4 Å². The predicted molar refractivity (Wildman–Crippen MR) is 239 cm³/mol. The summed E-state index contributed by atoms with van der Waals surface area (Å²) in [7, 11) is 1.52. The van der Waals surface area contributed by atoms with Gasteiger partial charge in [0.15, 0.2) is 11.5 Å². The van der Waals surface area contributed by atoms with Gasteiger partial charge in [0.25, 0.3) is 0 Å². The number of phenols is 1. The number of H-pyrrole nitrogens is 1. The van der Waals surface area contributed by atoms with Crippen LogP contribution in [0.1, 0.15) is 144 Å². The highest BCUT2D eigenvalue weighted by atomic mass is 16.5. The number of benzene rings is 2. The number of phenolic OH excluding ortho intramolecular Hbond substituents is 1. The van der Waals surface area contributed by atoms with Gasteiger partial charge >= 0.3 is 0 Å². The number of ether oxygens (including phenoxy) is 1. The Kier molecular flexibility index (Phi) is 14.0.